The number of halogens is 2. The molecule has 0 atom stereocenters. The fourth-order valence-corrected chi connectivity index (χ4v) is 3.27. The number of benzene rings is 2. The first-order valence-corrected chi connectivity index (χ1v) is 8.59. The van der Waals surface area contributed by atoms with Crippen molar-refractivity contribution in [1.29, 1.82) is 0 Å². The first-order chi connectivity index (χ1) is 10.5. The molecular weight excluding hydrogens is 363 g/mol. The summed E-state index contributed by atoms with van der Waals surface area (Å²) in [6.07, 6.45) is 1.82. The van der Waals surface area contributed by atoms with Gasteiger partial charge < -0.3 is 4.90 Å². The van der Waals surface area contributed by atoms with Gasteiger partial charge >= 0.3 is 0 Å². The number of nitrogens with zero attached hydrogens (tertiary/aromatic N) is 2. The summed E-state index contributed by atoms with van der Waals surface area (Å²) >= 11 is 4.97. The highest BCUT2D eigenvalue weighted by Crippen LogP contribution is 2.38. The average Bonchev–Trinajstić information content (AvgIpc) is 2.51. The molecule has 0 spiro atoms. The molecule has 5 heteroatoms. The van der Waals surface area contributed by atoms with Crippen LogP contribution in [0.1, 0.15) is 12.5 Å². The van der Waals surface area contributed by atoms with Gasteiger partial charge in [0.1, 0.15) is 5.82 Å². The minimum atomic E-state index is -0.205. The quantitative estimate of drug-likeness (QED) is 0.491. The maximum atomic E-state index is 13.8. The molecule has 2 aromatic carbocycles. The van der Waals surface area contributed by atoms with Gasteiger partial charge in [-0.2, -0.15) is 0 Å². The van der Waals surface area contributed by atoms with Crippen molar-refractivity contribution in [2.75, 3.05) is 13.6 Å². The lowest BCUT2D eigenvalue weighted by Crippen LogP contribution is -2.14. The molecule has 116 valence electrons. The lowest BCUT2D eigenvalue weighted by Gasteiger charge is -2.11. The molecule has 0 heterocycles. The Morgan fingerprint density at radius 3 is 2.68 bits per heavy atom. The van der Waals surface area contributed by atoms with Gasteiger partial charge in [-0.25, -0.2) is 9.38 Å². The summed E-state index contributed by atoms with van der Waals surface area (Å²) in [7, 11) is 1.98. The Morgan fingerprint density at radius 1 is 1.27 bits per heavy atom. The number of aliphatic imine (C=N–C) groups is 1. The molecule has 2 nitrogen and oxygen atoms in total. The molecule has 0 aliphatic heterocycles. The summed E-state index contributed by atoms with van der Waals surface area (Å²) in [5.74, 6) is -0.205. The van der Waals surface area contributed by atoms with Gasteiger partial charge in [-0.1, -0.05) is 23.9 Å². The van der Waals surface area contributed by atoms with Crippen LogP contribution in [0.4, 0.5) is 10.1 Å². The van der Waals surface area contributed by atoms with Gasteiger partial charge in [0.2, 0.25) is 0 Å². The molecule has 0 aromatic heterocycles. The molecule has 0 fully saturated rings. The zero-order chi connectivity index (χ0) is 16.1. The second-order valence-electron chi connectivity index (χ2n) is 4.92. The van der Waals surface area contributed by atoms with E-state index in [2.05, 4.69) is 27.8 Å². The Hall–Kier alpha value is -1.33. The minimum Gasteiger partial charge on any atom is -0.366 e. The Bertz CT molecular complexity index is 688. The van der Waals surface area contributed by atoms with E-state index in [4.69, 9.17) is 0 Å². The highest BCUT2D eigenvalue weighted by atomic mass is 79.9. The topological polar surface area (TPSA) is 15.6 Å². The summed E-state index contributed by atoms with van der Waals surface area (Å²) in [5, 5.41) is 0. The second-order valence-corrected chi connectivity index (χ2v) is 6.86. The molecule has 0 N–H and O–H groups in total. The van der Waals surface area contributed by atoms with E-state index in [-0.39, 0.29) is 5.82 Å². The number of aryl methyl sites for hydroxylation is 1. The lowest BCUT2D eigenvalue weighted by molar-refractivity contribution is 0.552. The highest BCUT2D eigenvalue weighted by molar-refractivity contribution is 9.10. The summed E-state index contributed by atoms with van der Waals surface area (Å²) < 4.78 is 14.7. The van der Waals surface area contributed by atoms with Crippen molar-refractivity contribution in [3.63, 3.8) is 0 Å². The number of hydrogen-bond acceptors (Lipinski definition) is 2. The summed E-state index contributed by atoms with van der Waals surface area (Å²) in [6, 6.07) is 10.8. The second kappa shape index (κ2) is 7.79. The van der Waals surface area contributed by atoms with Crippen molar-refractivity contribution in [1.82, 2.24) is 4.90 Å². The molecule has 0 aliphatic carbocycles. The molecule has 0 bridgehead atoms. The van der Waals surface area contributed by atoms with Crippen LogP contribution in [-0.2, 0) is 0 Å². The van der Waals surface area contributed by atoms with Gasteiger partial charge in [0.25, 0.3) is 0 Å². The van der Waals surface area contributed by atoms with Crippen LogP contribution < -0.4 is 0 Å². The van der Waals surface area contributed by atoms with E-state index in [1.807, 2.05) is 43.4 Å². The summed E-state index contributed by atoms with van der Waals surface area (Å²) in [4.78, 5) is 8.09. The Kier molecular flexibility index (Phi) is 6.03. The molecule has 0 unspecified atom stereocenters. The van der Waals surface area contributed by atoms with Crippen molar-refractivity contribution in [2.24, 2.45) is 4.99 Å². The van der Waals surface area contributed by atoms with Crippen LogP contribution in [0.15, 0.2) is 55.7 Å². The monoisotopic (exact) mass is 380 g/mol. The van der Waals surface area contributed by atoms with Crippen LogP contribution in [-0.4, -0.2) is 24.8 Å². The molecule has 0 radical (unpaired) electrons. The van der Waals surface area contributed by atoms with Crippen LogP contribution in [0.25, 0.3) is 0 Å². The predicted molar refractivity (Wildman–Crippen MR) is 95.9 cm³/mol. The highest BCUT2D eigenvalue weighted by Gasteiger charge is 2.09. The normalized spacial score (nSPS) is 11.1. The summed E-state index contributed by atoms with van der Waals surface area (Å²) in [5.41, 5.74) is 1.97. The van der Waals surface area contributed by atoms with Crippen molar-refractivity contribution >= 4 is 39.7 Å². The molecule has 0 saturated heterocycles. The lowest BCUT2D eigenvalue weighted by atomic mass is 10.2. The van der Waals surface area contributed by atoms with E-state index in [9.17, 15) is 4.39 Å². The van der Waals surface area contributed by atoms with Crippen molar-refractivity contribution < 1.29 is 4.39 Å². The SMILES string of the molecule is CCN(C)C=Nc1cc(Br)c(Sc2ccccc2F)cc1C. The predicted octanol–water partition coefficient (Wildman–Crippen LogP) is 5.66. The minimum absolute atomic E-state index is 0.205. The smallest absolute Gasteiger partial charge is 0.137 e. The van der Waals surface area contributed by atoms with Gasteiger partial charge in [-0.3, -0.25) is 0 Å². The third kappa shape index (κ3) is 4.34. The molecule has 22 heavy (non-hydrogen) atoms. The van der Waals surface area contributed by atoms with E-state index in [1.165, 1.54) is 17.8 Å². The molecule has 0 amide bonds. The maximum absolute atomic E-state index is 13.8. The fourth-order valence-electron chi connectivity index (χ4n) is 1.75. The van der Waals surface area contributed by atoms with E-state index in [0.717, 1.165) is 27.2 Å². The molecule has 2 rings (SSSR count). The Morgan fingerprint density at radius 2 is 2.00 bits per heavy atom. The van der Waals surface area contributed by atoms with Gasteiger partial charge in [-0.05, 0) is 59.6 Å². The zero-order valence-electron chi connectivity index (χ0n) is 12.8. The average molecular weight is 381 g/mol. The number of rotatable bonds is 5. The third-order valence-electron chi connectivity index (χ3n) is 3.20. The number of hydrogen-bond donors (Lipinski definition) is 0. The first kappa shape index (κ1) is 17.0. The Balaban J connectivity index is 2.27. The Labute approximate surface area is 143 Å². The van der Waals surface area contributed by atoms with Gasteiger partial charge in [0, 0.05) is 27.9 Å². The van der Waals surface area contributed by atoms with Crippen molar-refractivity contribution in [2.45, 2.75) is 23.6 Å². The van der Waals surface area contributed by atoms with E-state index < -0.39 is 0 Å². The van der Waals surface area contributed by atoms with Crippen molar-refractivity contribution in [3.05, 3.63) is 52.3 Å². The van der Waals surface area contributed by atoms with Crippen LogP contribution in [0, 0.1) is 12.7 Å². The molecular formula is C17H18BrFN2S. The first-order valence-electron chi connectivity index (χ1n) is 6.98. The molecule has 0 aliphatic rings. The van der Waals surface area contributed by atoms with Gasteiger partial charge in [0.15, 0.2) is 0 Å². The maximum Gasteiger partial charge on any atom is 0.137 e. The zero-order valence-corrected chi connectivity index (χ0v) is 15.2. The standard InChI is InChI=1S/C17H18BrFN2S/c1-4-21(3)11-20-15-10-13(18)17(9-12(15)2)22-16-8-6-5-7-14(16)19/h5-11H,4H2,1-3H3. The van der Waals surface area contributed by atoms with Crippen molar-refractivity contribution in [3.8, 4) is 0 Å². The summed E-state index contributed by atoms with van der Waals surface area (Å²) in [6.45, 7) is 4.99. The van der Waals surface area contributed by atoms with Crippen LogP contribution >= 0.6 is 27.7 Å². The van der Waals surface area contributed by atoms with E-state index >= 15 is 0 Å². The van der Waals surface area contributed by atoms with Crippen LogP contribution in [0.3, 0.4) is 0 Å². The van der Waals surface area contributed by atoms with Gasteiger partial charge in [0.05, 0.1) is 12.0 Å². The molecule has 0 saturated carbocycles. The molecule has 2 aromatic rings. The third-order valence-corrected chi connectivity index (χ3v) is 5.23. The largest absolute Gasteiger partial charge is 0.366 e. The van der Waals surface area contributed by atoms with E-state index in [1.54, 1.807) is 12.1 Å². The van der Waals surface area contributed by atoms with Crippen LogP contribution in [0.5, 0.6) is 0 Å². The fraction of sp³-hybridized carbons (Fsp3) is 0.235. The van der Waals surface area contributed by atoms with E-state index in [0.29, 0.717) is 4.90 Å². The van der Waals surface area contributed by atoms with Gasteiger partial charge in [-0.15, -0.1) is 0 Å². The van der Waals surface area contributed by atoms with Crippen LogP contribution in [0.2, 0.25) is 0 Å².